The molecule has 0 spiro atoms. The van der Waals surface area contributed by atoms with E-state index in [-0.39, 0.29) is 4.28 Å². The van der Waals surface area contributed by atoms with Crippen LogP contribution in [0.15, 0.2) is 16.8 Å². The van der Waals surface area contributed by atoms with E-state index in [1.54, 1.807) is 0 Å². The topological polar surface area (TPSA) is 48.8 Å². The van der Waals surface area contributed by atoms with Crippen LogP contribution >= 0.6 is 0 Å². The Labute approximate surface area is 71.2 Å². The fourth-order valence-corrected chi connectivity index (χ4v) is 1.37. The number of nitrogens with zero attached hydrogens (tertiary/aromatic N) is 3. The Morgan fingerprint density at radius 1 is 1.64 bits per heavy atom. The first-order valence-electron chi connectivity index (χ1n) is 4.12. The smallest absolute Gasteiger partial charge is 0.0295 e. The lowest BCUT2D eigenvalue weighted by Gasteiger charge is -2.10. The second-order valence-corrected chi connectivity index (χ2v) is 2.81. The molecule has 0 saturated heterocycles. The molecule has 1 rings (SSSR count). The van der Waals surface area contributed by atoms with Gasteiger partial charge in [0.2, 0.25) is 0 Å². The quantitative estimate of drug-likeness (QED) is 0.258. The molecule has 0 fully saturated rings. The molecule has 0 radical (unpaired) electrons. The van der Waals surface area contributed by atoms with E-state index in [0.29, 0.717) is 6.54 Å². The van der Waals surface area contributed by atoms with Gasteiger partial charge in [-0.15, -0.1) is 0 Å². The van der Waals surface area contributed by atoms with E-state index in [2.05, 4.69) is 16.1 Å². The highest BCUT2D eigenvalue weighted by atomic mass is 15.1. The van der Waals surface area contributed by atoms with Gasteiger partial charge < -0.3 is 0 Å². The first-order chi connectivity index (χ1) is 5.43. The lowest BCUT2D eigenvalue weighted by atomic mass is 9.97. The number of azide groups is 1. The summed E-state index contributed by atoms with van der Waals surface area (Å²) in [6.07, 6.45) is 8.31. The summed E-state index contributed by atoms with van der Waals surface area (Å²) in [5, 5.41) is 3.51. The minimum absolute atomic E-state index is 0. The van der Waals surface area contributed by atoms with Crippen LogP contribution in [0.4, 0.5) is 0 Å². The Morgan fingerprint density at radius 3 is 3.18 bits per heavy atom. The van der Waals surface area contributed by atoms with Gasteiger partial charge in [-0.25, -0.2) is 0 Å². The summed E-state index contributed by atoms with van der Waals surface area (Å²) in [6, 6.07) is 0. The van der Waals surface area contributed by atoms with Crippen LogP contribution in [0.3, 0.4) is 0 Å². The van der Waals surface area contributed by atoms with Gasteiger partial charge in [0.1, 0.15) is 0 Å². The minimum atomic E-state index is 0. The van der Waals surface area contributed by atoms with Crippen molar-refractivity contribution in [2.45, 2.75) is 32.1 Å². The van der Waals surface area contributed by atoms with Gasteiger partial charge >= 0.3 is 0 Å². The molecule has 3 heteroatoms. The monoisotopic (exact) mass is 157 g/mol. The van der Waals surface area contributed by atoms with Gasteiger partial charge in [-0.1, -0.05) is 16.8 Å². The molecule has 0 aromatic carbocycles. The van der Waals surface area contributed by atoms with Crippen LogP contribution in [0.1, 0.15) is 36.4 Å². The molecule has 0 bridgehead atoms. The third-order valence-corrected chi connectivity index (χ3v) is 1.98. The zero-order chi connectivity index (χ0) is 7.94. The highest BCUT2D eigenvalue weighted by molar-refractivity contribution is 5.05. The highest BCUT2D eigenvalue weighted by Gasteiger charge is 2.01. The summed E-state index contributed by atoms with van der Waals surface area (Å²) < 4.78 is 0. The molecule has 0 heterocycles. The fraction of sp³-hybridized carbons (Fsp3) is 0.750. The average Bonchev–Trinajstić information content (AvgIpc) is 2.07. The van der Waals surface area contributed by atoms with Crippen molar-refractivity contribution in [3.05, 3.63) is 22.1 Å². The van der Waals surface area contributed by atoms with Crippen molar-refractivity contribution in [3.8, 4) is 0 Å². The molecule has 1 aliphatic rings. The number of allylic oxidation sites excluding steroid dienone is 1. The van der Waals surface area contributed by atoms with Crippen molar-refractivity contribution < 1.29 is 4.28 Å². The average molecular weight is 157 g/mol. The lowest BCUT2D eigenvalue weighted by Crippen LogP contribution is -1.93. The third kappa shape index (κ3) is 3.10. The van der Waals surface area contributed by atoms with Crippen LogP contribution in [0, 0.1) is 0 Å². The molecule has 11 heavy (non-hydrogen) atoms. The summed E-state index contributed by atoms with van der Waals surface area (Å²) in [5.41, 5.74) is 9.51. The summed E-state index contributed by atoms with van der Waals surface area (Å²) in [5.74, 6) is 0. The molecular weight excluding hydrogens is 138 g/mol. The maximum Gasteiger partial charge on any atom is 0.0295 e. The largest absolute Gasteiger partial charge is 0.0936 e. The summed E-state index contributed by atoms with van der Waals surface area (Å²) in [4.78, 5) is 2.72. The van der Waals surface area contributed by atoms with E-state index >= 15 is 0 Å². The summed E-state index contributed by atoms with van der Waals surface area (Å²) >= 11 is 0. The molecule has 0 unspecified atom stereocenters. The van der Waals surface area contributed by atoms with Gasteiger partial charge in [-0.2, -0.15) is 0 Å². The third-order valence-electron chi connectivity index (χ3n) is 1.98. The van der Waals surface area contributed by atoms with Crippen LogP contribution < -0.4 is 0 Å². The fourth-order valence-electron chi connectivity index (χ4n) is 1.37. The molecule has 0 aliphatic heterocycles. The number of hydrogen-bond donors (Lipinski definition) is 0. The van der Waals surface area contributed by atoms with Crippen LogP contribution in [0.5, 0.6) is 0 Å². The van der Waals surface area contributed by atoms with E-state index in [1.165, 1.54) is 31.3 Å². The Balaban J connectivity index is -0.000000403. The van der Waals surface area contributed by atoms with Crippen molar-refractivity contribution in [3.63, 3.8) is 0 Å². The van der Waals surface area contributed by atoms with Crippen LogP contribution in [0.2, 0.25) is 0 Å². The van der Waals surface area contributed by atoms with Crippen LogP contribution in [0.25, 0.3) is 10.4 Å². The minimum Gasteiger partial charge on any atom is -0.0936 e. The molecule has 0 saturated carbocycles. The van der Waals surface area contributed by atoms with Gasteiger partial charge in [0.05, 0.1) is 0 Å². The predicted octanol–water partition coefficient (Wildman–Crippen LogP) is 3.93. The van der Waals surface area contributed by atoms with E-state index in [1.807, 2.05) is 0 Å². The number of hydrogen-bond acceptors (Lipinski definition) is 1. The lowest BCUT2D eigenvalue weighted by molar-refractivity contribution is 0.676. The normalized spacial score (nSPS) is 16.9. The first kappa shape index (κ1) is 8.15. The van der Waals surface area contributed by atoms with Crippen molar-refractivity contribution in [1.29, 1.82) is 0 Å². The summed E-state index contributed by atoms with van der Waals surface area (Å²) in [7, 11) is 0. The molecule has 3 nitrogen and oxygen atoms in total. The molecule has 0 aromatic heterocycles. The zero-order valence-corrected chi connectivity index (χ0v) is 6.66. The van der Waals surface area contributed by atoms with Gasteiger partial charge in [-0.05, 0) is 37.6 Å². The molecule has 66 valence electrons. The highest BCUT2D eigenvalue weighted by Crippen LogP contribution is 2.19. The number of rotatable bonds is 3. The Hall–Kier alpha value is -0.950. The van der Waals surface area contributed by atoms with E-state index in [0.717, 1.165) is 6.42 Å². The first-order valence-corrected chi connectivity index (χ1v) is 4.12. The molecule has 0 aromatic rings. The molecule has 0 N–H and O–H groups in total. The Kier molecular flexibility index (Phi) is 3.56. The maximum atomic E-state index is 8.03. The van der Waals surface area contributed by atoms with E-state index in [9.17, 15) is 0 Å². The predicted molar refractivity (Wildman–Crippen MR) is 51.5 cm³/mol. The zero-order valence-electron chi connectivity index (χ0n) is 6.66. The maximum absolute atomic E-state index is 8.03. The second kappa shape index (κ2) is 4.80. The van der Waals surface area contributed by atoms with Crippen molar-refractivity contribution in [2.24, 2.45) is 5.11 Å². The van der Waals surface area contributed by atoms with Gasteiger partial charge in [-0.3, -0.25) is 0 Å². The van der Waals surface area contributed by atoms with Crippen molar-refractivity contribution in [1.82, 2.24) is 0 Å². The van der Waals surface area contributed by atoms with Gasteiger partial charge in [0, 0.05) is 15.7 Å². The standard InChI is InChI=1S/C8H13N3.3H2/c9-11-10-7-6-8-4-2-1-3-5-8;;;/h4H,1-3,5-7H2;3*1H. The van der Waals surface area contributed by atoms with Crippen LogP contribution in [-0.4, -0.2) is 6.54 Å². The Bertz CT molecular complexity index is 200. The Morgan fingerprint density at radius 2 is 2.55 bits per heavy atom. The van der Waals surface area contributed by atoms with Crippen molar-refractivity contribution in [2.75, 3.05) is 6.54 Å². The summed E-state index contributed by atoms with van der Waals surface area (Å²) in [6.45, 7) is 0.627. The van der Waals surface area contributed by atoms with Gasteiger partial charge in [0.25, 0.3) is 0 Å². The SMILES string of the molecule is [HH].[HH].[HH].[N-]=[N+]=NCCC1=CCCCC1. The van der Waals surface area contributed by atoms with Crippen molar-refractivity contribution >= 4 is 0 Å². The van der Waals surface area contributed by atoms with E-state index in [4.69, 9.17) is 5.53 Å². The second-order valence-electron chi connectivity index (χ2n) is 2.81. The van der Waals surface area contributed by atoms with E-state index < -0.39 is 0 Å². The molecular formula is C8H19N3. The molecule has 0 amide bonds. The molecule has 0 atom stereocenters. The van der Waals surface area contributed by atoms with Crippen LogP contribution in [-0.2, 0) is 0 Å². The molecule has 1 aliphatic carbocycles. The van der Waals surface area contributed by atoms with Gasteiger partial charge in [0.15, 0.2) is 0 Å².